The van der Waals surface area contributed by atoms with E-state index in [1.165, 1.54) is 6.20 Å². The van der Waals surface area contributed by atoms with Crippen LogP contribution in [-0.4, -0.2) is 17.5 Å². The highest BCUT2D eigenvalue weighted by molar-refractivity contribution is 6.29. The second-order valence-corrected chi connectivity index (χ2v) is 3.43. The first-order chi connectivity index (χ1) is 6.58. The molecule has 0 fully saturated rings. The third kappa shape index (κ3) is 3.87. The van der Waals surface area contributed by atoms with Crippen LogP contribution in [0.2, 0.25) is 5.15 Å². The van der Waals surface area contributed by atoms with Crippen molar-refractivity contribution in [1.82, 2.24) is 4.98 Å². The zero-order valence-electron chi connectivity index (χ0n) is 7.67. The summed E-state index contributed by atoms with van der Waals surface area (Å²) in [4.78, 5) is 3.79. The van der Waals surface area contributed by atoms with Crippen LogP contribution in [-0.2, 0) is 0 Å². The van der Waals surface area contributed by atoms with E-state index in [1.54, 1.807) is 19.1 Å². The van der Waals surface area contributed by atoms with Gasteiger partial charge in [-0.2, -0.15) is 0 Å². The minimum Gasteiger partial charge on any atom is -0.382 e. The predicted molar refractivity (Wildman–Crippen MR) is 53.0 cm³/mol. The number of rotatable bonds is 4. The van der Waals surface area contributed by atoms with Crippen molar-refractivity contribution in [3.8, 4) is 0 Å². The molecule has 0 radical (unpaired) electrons. The predicted octanol–water partition coefficient (Wildman–Crippen LogP) is 3.19. The molecule has 0 aliphatic rings. The molecule has 0 aliphatic heterocycles. The highest BCUT2D eigenvalue weighted by Crippen LogP contribution is 2.15. The van der Waals surface area contributed by atoms with Crippen LogP contribution in [0.25, 0.3) is 0 Å². The van der Waals surface area contributed by atoms with Crippen molar-refractivity contribution in [3.05, 3.63) is 23.5 Å². The van der Waals surface area contributed by atoms with E-state index in [4.69, 9.17) is 11.6 Å². The monoisotopic (exact) mass is 220 g/mol. The minimum atomic E-state index is -2.30. The van der Waals surface area contributed by atoms with Gasteiger partial charge >= 0.3 is 0 Å². The number of nitrogens with one attached hydrogen (secondary N) is 1. The minimum absolute atomic E-state index is 0.181. The molecule has 1 unspecified atom stereocenters. The first-order valence-corrected chi connectivity index (χ1v) is 4.62. The number of hydrogen-bond acceptors (Lipinski definition) is 2. The average molecular weight is 221 g/mol. The summed E-state index contributed by atoms with van der Waals surface area (Å²) in [6.07, 6.45) is -0.950. The molecule has 0 bridgehead atoms. The van der Waals surface area contributed by atoms with E-state index < -0.39 is 6.43 Å². The molecule has 1 heterocycles. The molecule has 0 amide bonds. The van der Waals surface area contributed by atoms with Gasteiger partial charge in [-0.05, 0) is 19.1 Å². The van der Waals surface area contributed by atoms with Crippen LogP contribution in [0.3, 0.4) is 0 Å². The van der Waals surface area contributed by atoms with Gasteiger partial charge in [0.2, 0.25) is 6.43 Å². The van der Waals surface area contributed by atoms with E-state index >= 15 is 0 Å². The number of halogens is 3. The Morgan fingerprint density at radius 3 is 2.86 bits per heavy atom. The molecule has 78 valence electrons. The maximum absolute atomic E-state index is 12.0. The van der Waals surface area contributed by atoms with Crippen molar-refractivity contribution in [2.45, 2.75) is 25.8 Å². The van der Waals surface area contributed by atoms with Crippen molar-refractivity contribution >= 4 is 17.3 Å². The number of pyridine rings is 1. The quantitative estimate of drug-likeness (QED) is 0.789. The van der Waals surface area contributed by atoms with E-state index in [2.05, 4.69) is 10.3 Å². The number of nitrogens with zero attached hydrogens (tertiary/aromatic N) is 1. The molecule has 1 rings (SSSR count). The lowest BCUT2D eigenvalue weighted by Gasteiger charge is -2.14. The van der Waals surface area contributed by atoms with Crippen LogP contribution in [0.15, 0.2) is 18.3 Å². The lowest BCUT2D eigenvalue weighted by Crippen LogP contribution is -2.18. The van der Waals surface area contributed by atoms with E-state index in [0.29, 0.717) is 10.8 Å². The fourth-order valence-electron chi connectivity index (χ4n) is 1.10. The SMILES string of the molecule is CC(CC(F)F)Nc1ccnc(Cl)c1. The molecule has 5 heteroatoms. The number of anilines is 1. The van der Waals surface area contributed by atoms with Crippen LogP contribution in [0, 0.1) is 0 Å². The van der Waals surface area contributed by atoms with Crippen LogP contribution in [0.4, 0.5) is 14.5 Å². The second-order valence-electron chi connectivity index (χ2n) is 3.04. The Bertz CT molecular complexity index is 294. The number of alkyl halides is 2. The maximum Gasteiger partial charge on any atom is 0.240 e. The largest absolute Gasteiger partial charge is 0.382 e. The summed E-state index contributed by atoms with van der Waals surface area (Å²) in [5.41, 5.74) is 0.707. The summed E-state index contributed by atoms with van der Waals surface area (Å²) < 4.78 is 24.0. The van der Waals surface area contributed by atoms with Gasteiger partial charge in [0.05, 0.1) is 0 Å². The Hall–Kier alpha value is -0.900. The van der Waals surface area contributed by atoms with Crippen LogP contribution < -0.4 is 5.32 Å². The van der Waals surface area contributed by atoms with Crippen molar-refractivity contribution in [2.24, 2.45) is 0 Å². The molecule has 0 saturated heterocycles. The molecule has 0 aromatic carbocycles. The summed E-state index contributed by atoms with van der Waals surface area (Å²) in [5, 5.41) is 3.26. The van der Waals surface area contributed by atoms with Gasteiger partial charge in [0.1, 0.15) is 5.15 Å². The molecule has 0 aliphatic carbocycles. The summed E-state index contributed by atoms with van der Waals surface area (Å²) in [6, 6.07) is 3.01. The Balaban J connectivity index is 2.51. The van der Waals surface area contributed by atoms with E-state index in [-0.39, 0.29) is 12.5 Å². The van der Waals surface area contributed by atoms with Gasteiger partial charge in [-0.25, -0.2) is 13.8 Å². The highest BCUT2D eigenvalue weighted by atomic mass is 35.5. The normalized spacial score (nSPS) is 12.9. The summed E-state index contributed by atoms with van der Waals surface area (Å²) in [7, 11) is 0. The molecular weight excluding hydrogens is 210 g/mol. The molecule has 2 nitrogen and oxygen atoms in total. The number of aromatic nitrogens is 1. The van der Waals surface area contributed by atoms with Crippen LogP contribution in [0.1, 0.15) is 13.3 Å². The topological polar surface area (TPSA) is 24.9 Å². The van der Waals surface area contributed by atoms with Gasteiger partial charge in [-0.3, -0.25) is 0 Å². The Kier molecular flexibility index (Phi) is 4.07. The maximum atomic E-state index is 12.0. The zero-order valence-corrected chi connectivity index (χ0v) is 8.43. The smallest absolute Gasteiger partial charge is 0.240 e. The van der Waals surface area contributed by atoms with Gasteiger partial charge in [-0.1, -0.05) is 11.6 Å². The summed E-state index contributed by atoms with van der Waals surface area (Å²) in [5.74, 6) is 0. The first kappa shape index (κ1) is 11.2. The van der Waals surface area contributed by atoms with Gasteiger partial charge in [-0.15, -0.1) is 0 Å². The molecule has 14 heavy (non-hydrogen) atoms. The Labute approximate surface area is 86.3 Å². The summed E-state index contributed by atoms with van der Waals surface area (Å²) >= 11 is 5.63. The number of hydrogen-bond donors (Lipinski definition) is 1. The van der Waals surface area contributed by atoms with Gasteiger partial charge in [0, 0.05) is 24.3 Å². The van der Waals surface area contributed by atoms with E-state index in [9.17, 15) is 8.78 Å². The highest BCUT2D eigenvalue weighted by Gasteiger charge is 2.09. The summed E-state index contributed by atoms with van der Waals surface area (Å²) in [6.45, 7) is 1.69. The standard InChI is InChI=1S/C9H11ClF2N2/c1-6(4-9(11)12)14-7-2-3-13-8(10)5-7/h2-3,5-6,9H,4H2,1H3,(H,13,14). The van der Waals surface area contributed by atoms with Crippen molar-refractivity contribution < 1.29 is 8.78 Å². The molecule has 1 aromatic rings. The fourth-order valence-corrected chi connectivity index (χ4v) is 1.28. The van der Waals surface area contributed by atoms with Gasteiger partial charge in [0.25, 0.3) is 0 Å². The molecule has 1 N–H and O–H groups in total. The van der Waals surface area contributed by atoms with Gasteiger partial charge in [0.15, 0.2) is 0 Å². The first-order valence-electron chi connectivity index (χ1n) is 4.24. The third-order valence-electron chi connectivity index (χ3n) is 1.67. The van der Waals surface area contributed by atoms with E-state index in [0.717, 1.165) is 0 Å². The van der Waals surface area contributed by atoms with Gasteiger partial charge < -0.3 is 5.32 Å². The van der Waals surface area contributed by atoms with Crippen LogP contribution in [0.5, 0.6) is 0 Å². The Morgan fingerprint density at radius 2 is 2.29 bits per heavy atom. The van der Waals surface area contributed by atoms with Crippen LogP contribution >= 0.6 is 11.6 Å². The molecule has 0 saturated carbocycles. The fraction of sp³-hybridized carbons (Fsp3) is 0.444. The molecule has 0 spiro atoms. The lowest BCUT2D eigenvalue weighted by atomic mass is 10.2. The Morgan fingerprint density at radius 1 is 1.57 bits per heavy atom. The molecule has 1 atom stereocenters. The second kappa shape index (κ2) is 5.10. The van der Waals surface area contributed by atoms with Crippen molar-refractivity contribution in [2.75, 3.05) is 5.32 Å². The molecule has 1 aromatic heterocycles. The van der Waals surface area contributed by atoms with Crippen molar-refractivity contribution in [1.29, 1.82) is 0 Å². The third-order valence-corrected chi connectivity index (χ3v) is 1.88. The molecular formula is C9H11ClF2N2. The van der Waals surface area contributed by atoms with Crippen molar-refractivity contribution in [3.63, 3.8) is 0 Å². The average Bonchev–Trinajstić information content (AvgIpc) is 2.01. The van der Waals surface area contributed by atoms with E-state index in [1.807, 2.05) is 0 Å². The zero-order chi connectivity index (χ0) is 10.6. The lowest BCUT2D eigenvalue weighted by molar-refractivity contribution is 0.133.